The van der Waals surface area contributed by atoms with Gasteiger partial charge in [-0.25, -0.2) is 4.98 Å². The van der Waals surface area contributed by atoms with E-state index in [2.05, 4.69) is 31.5 Å². The fraction of sp³-hybridized carbons (Fsp3) is 0.615. The Kier molecular flexibility index (Phi) is 4.59. The number of halogens is 1. The summed E-state index contributed by atoms with van der Waals surface area (Å²) in [5.41, 5.74) is 1.05. The van der Waals surface area contributed by atoms with Crippen LogP contribution in [0.3, 0.4) is 0 Å². The summed E-state index contributed by atoms with van der Waals surface area (Å²) in [7, 11) is 1.75. The summed E-state index contributed by atoms with van der Waals surface area (Å²) in [6.07, 6.45) is 2.35. The van der Waals surface area contributed by atoms with E-state index < -0.39 is 0 Å². The van der Waals surface area contributed by atoms with Crippen molar-refractivity contribution >= 4 is 21.7 Å². The molecule has 18 heavy (non-hydrogen) atoms. The topological polar surface area (TPSA) is 46.2 Å². The predicted octanol–water partition coefficient (Wildman–Crippen LogP) is 2.33. The molecule has 0 radical (unpaired) electrons. The lowest BCUT2D eigenvalue weighted by molar-refractivity contribution is 0.127. The van der Waals surface area contributed by atoms with Crippen LogP contribution in [0.15, 0.2) is 16.6 Å². The quantitative estimate of drug-likeness (QED) is 0.876. The number of aryl methyl sites for hydroxylation is 1. The Labute approximate surface area is 117 Å². The number of hydrogen-bond donors (Lipinski definition) is 2. The average Bonchev–Trinajstić information content (AvgIpc) is 2.80. The monoisotopic (exact) mass is 313 g/mol. The Hall–Kier alpha value is -0.650. The molecule has 1 unspecified atom stereocenters. The number of ether oxygens (including phenoxy) is 1. The molecule has 1 saturated heterocycles. The smallest absolute Gasteiger partial charge is 0.126 e. The third-order valence-corrected chi connectivity index (χ3v) is 4.22. The van der Waals surface area contributed by atoms with E-state index in [1.165, 1.54) is 6.42 Å². The van der Waals surface area contributed by atoms with Crippen molar-refractivity contribution in [3.63, 3.8) is 0 Å². The highest BCUT2D eigenvalue weighted by Crippen LogP contribution is 2.21. The van der Waals surface area contributed by atoms with Gasteiger partial charge in [-0.15, -0.1) is 0 Å². The van der Waals surface area contributed by atoms with Crippen molar-refractivity contribution in [2.75, 3.05) is 32.1 Å². The van der Waals surface area contributed by atoms with E-state index >= 15 is 0 Å². The number of nitrogens with zero attached hydrogens (tertiary/aromatic N) is 1. The Morgan fingerprint density at radius 3 is 3.00 bits per heavy atom. The Balaban J connectivity index is 1.98. The number of nitrogens with one attached hydrogen (secondary N) is 2. The predicted molar refractivity (Wildman–Crippen MR) is 77.0 cm³/mol. The van der Waals surface area contributed by atoms with Gasteiger partial charge in [0.25, 0.3) is 0 Å². The second kappa shape index (κ2) is 5.99. The number of rotatable bonds is 5. The highest BCUT2D eigenvalue weighted by Gasteiger charge is 2.33. The summed E-state index contributed by atoms with van der Waals surface area (Å²) >= 11 is 3.46. The lowest BCUT2D eigenvalue weighted by Gasteiger charge is -2.29. The standard InChI is InChI=1S/C13H20BrN3O/c1-10-11(14)4-5-12(17-10)15-8-13(9-18-2)6-3-7-16-13/h4-5,16H,3,6-9H2,1-2H3,(H,15,17). The van der Waals surface area contributed by atoms with Gasteiger partial charge in [-0.1, -0.05) is 0 Å². The van der Waals surface area contributed by atoms with Crippen LogP contribution in [0.1, 0.15) is 18.5 Å². The van der Waals surface area contributed by atoms with Crippen LogP contribution in [-0.2, 0) is 4.74 Å². The minimum Gasteiger partial charge on any atom is -0.383 e. The molecule has 2 N–H and O–H groups in total. The number of hydrogen-bond acceptors (Lipinski definition) is 4. The molecule has 0 aromatic carbocycles. The van der Waals surface area contributed by atoms with E-state index in [0.29, 0.717) is 0 Å². The summed E-state index contributed by atoms with van der Waals surface area (Å²) in [6.45, 7) is 4.64. The van der Waals surface area contributed by atoms with Crippen molar-refractivity contribution in [2.24, 2.45) is 0 Å². The lowest BCUT2D eigenvalue weighted by atomic mass is 9.99. The van der Waals surface area contributed by atoms with Crippen molar-refractivity contribution in [3.05, 3.63) is 22.3 Å². The summed E-state index contributed by atoms with van der Waals surface area (Å²) in [6, 6.07) is 4.02. The van der Waals surface area contributed by atoms with E-state index in [9.17, 15) is 0 Å². The summed E-state index contributed by atoms with van der Waals surface area (Å²) < 4.78 is 6.37. The van der Waals surface area contributed by atoms with Crippen LogP contribution < -0.4 is 10.6 Å². The van der Waals surface area contributed by atoms with Crippen LogP contribution in [0.2, 0.25) is 0 Å². The molecule has 0 spiro atoms. The molecule has 4 nitrogen and oxygen atoms in total. The van der Waals surface area contributed by atoms with Gasteiger partial charge < -0.3 is 15.4 Å². The maximum Gasteiger partial charge on any atom is 0.126 e. The Morgan fingerprint density at radius 2 is 2.39 bits per heavy atom. The van der Waals surface area contributed by atoms with Gasteiger partial charge in [-0.05, 0) is 54.4 Å². The van der Waals surface area contributed by atoms with Gasteiger partial charge in [0.05, 0.1) is 17.8 Å². The normalized spacial score (nSPS) is 23.3. The fourth-order valence-electron chi connectivity index (χ4n) is 2.37. The summed E-state index contributed by atoms with van der Waals surface area (Å²) in [5.74, 6) is 0.917. The first-order valence-electron chi connectivity index (χ1n) is 6.26. The van der Waals surface area contributed by atoms with Gasteiger partial charge >= 0.3 is 0 Å². The van der Waals surface area contributed by atoms with Gasteiger partial charge in [0.15, 0.2) is 0 Å². The van der Waals surface area contributed by atoms with Gasteiger partial charge in [0, 0.05) is 18.1 Å². The van der Waals surface area contributed by atoms with E-state index in [0.717, 1.165) is 42.1 Å². The van der Waals surface area contributed by atoms with Crippen molar-refractivity contribution in [3.8, 4) is 0 Å². The molecule has 0 aliphatic carbocycles. The highest BCUT2D eigenvalue weighted by molar-refractivity contribution is 9.10. The number of anilines is 1. The lowest BCUT2D eigenvalue weighted by Crippen LogP contribution is -2.49. The maximum atomic E-state index is 5.33. The van der Waals surface area contributed by atoms with E-state index in [-0.39, 0.29) is 5.54 Å². The molecule has 1 aromatic heterocycles. The molecule has 1 aromatic rings. The third kappa shape index (κ3) is 3.22. The highest BCUT2D eigenvalue weighted by atomic mass is 79.9. The second-order valence-corrected chi connectivity index (χ2v) is 5.72. The van der Waals surface area contributed by atoms with Crippen LogP contribution in [0.25, 0.3) is 0 Å². The largest absolute Gasteiger partial charge is 0.383 e. The molecule has 2 rings (SSSR count). The molecule has 1 fully saturated rings. The minimum absolute atomic E-state index is 0.0530. The van der Waals surface area contributed by atoms with Gasteiger partial charge in [0.2, 0.25) is 0 Å². The zero-order valence-electron chi connectivity index (χ0n) is 10.9. The molecule has 0 saturated carbocycles. The van der Waals surface area contributed by atoms with Crippen molar-refractivity contribution in [1.29, 1.82) is 0 Å². The molecule has 1 aliphatic rings. The van der Waals surface area contributed by atoms with Crippen LogP contribution in [-0.4, -0.2) is 37.3 Å². The van der Waals surface area contributed by atoms with Crippen LogP contribution in [0, 0.1) is 6.92 Å². The molecule has 0 bridgehead atoms. The second-order valence-electron chi connectivity index (χ2n) is 4.86. The molecule has 1 atom stereocenters. The molecule has 1 aliphatic heterocycles. The number of pyridine rings is 1. The minimum atomic E-state index is 0.0530. The SMILES string of the molecule is COCC1(CNc2ccc(Br)c(C)n2)CCCN1. The average molecular weight is 314 g/mol. The first kappa shape index (κ1) is 13.8. The van der Waals surface area contributed by atoms with Gasteiger partial charge in [-0.3, -0.25) is 0 Å². The molecule has 2 heterocycles. The van der Waals surface area contributed by atoms with Crippen LogP contribution in [0.4, 0.5) is 5.82 Å². The van der Waals surface area contributed by atoms with E-state index in [4.69, 9.17) is 4.74 Å². The number of aromatic nitrogens is 1. The summed E-state index contributed by atoms with van der Waals surface area (Å²) in [4.78, 5) is 4.50. The zero-order valence-corrected chi connectivity index (χ0v) is 12.5. The Morgan fingerprint density at radius 1 is 1.56 bits per heavy atom. The molecular weight excluding hydrogens is 294 g/mol. The van der Waals surface area contributed by atoms with Crippen LogP contribution in [0.5, 0.6) is 0 Å². The molecular formula is C13H20BrN3O. The third-order valence-electron chi connectivity index (χ3n) is 3.38. The number of methoxy groups -OCH3 is 1. The fourth-order valence-corrected chi connectivity index (χ4v) is 2.59. The van der Waals surface area contributed by atoms with E-state index in [1.807, 2.05) is 19.1 Å². The van der Waals surface area contributed by atoms with Crippen molar-refractivity contribution in [1.82, 2.24) is 10.3 Å². The van der Waals surface area contributed by atoms with Crippen molar-refractivity contribution in [2.45, 2.75) is 25.3 Å². The molecule has 5 heteroatoms. The van der Waals surface area contributed by atoms with Gasteiger partial charge in [-0.2, -0.15) is 0 Å². The Bertz CT molecular complexity index is 405. The van der Waals surface area contributed by atoms with E-state index in [1.54, 1.807) is 7.11 Å². The maximum absolute atomic E-state index is 5.33. The summed E-state index contributed by atoms with van der Waals surface area (Å²) in [5, 5.41) is 6.95. The van der Waals surface area contributed by atoms with Crippen molar-refractivity contribution < 1.29 is 4.74 Å². The van der Waals surface area contributed by atoms with Crippen LogP contribution >= 0.6 is 15.9 Å². The molecule has 0 amide bonds. The first-order chi connectivity index (χ1) is 8.65. The first-order valence-corrected chi connectivity index (χ1v) is 7.05. The zero-order chi connectivity index (χ0) is 13.0. The van der Waals surface area contributed by atoms with Gasteiger partial charge in [0.1, 0.15) is 5.82 Å². The molecule has 100 valence electrons.